The van der Waals surface area contributed by atoms with Crippen molar-refractivity contribution in [2.45, 2.75) is 27.2 Å². The van der Waals surface area contributed by atoms with Gasteiger partial charge in [-0.1, -0.05) is 19.9 Å². The lowest BCUT2D eigenvalue weighted by atomic mass is 9.92. The van der Waals surface area contributed by atoms with Crippen molar-refractivity contribution in [2.24, 2.45) is 11.8 Å². The van der Waals surface area contributed by atoms with Gasteiger partial charge in [0, 0.05) is 31.0 Å². The van der Waals surface area contributed by atoms with Crippen LogP contribution in [0, 0.1) is 24.6 Å². The molecule has 3 aromatic rings. The van der Waals surface area contributed by atoms with E-state index in [1.54, 1.807) is 16.9 Å². The maximum absolute atomic E-state index is 13.5. The highest BCUT2D eigenvalue weighted by Gasteiger charge is 2.24. The number of aromatic nitrogens is 4. The predicted molar refractivity (Wildman–Crippen MR) is 104 cm³/mol. The van der Waals surface area contributed by atoms with Gasteiger partial charge in [0.15, 0.2) is 0 Å². The molecule has 1 aromatic carbocycles. The molecule has 0 radical (unpaired) electrons. The first-order chi connectivity index (χ1) is 13.0. The molecular formula is C21H24FN5. The Balaban J connectivity index is 1.66. The lowest BCUT2D eigenvalue weighted by Gasteiger charge is -2.35. The van der Waals surface area contributed by atoms with Crippen LogP contribution in [0.4, 0.5) is 10.3 Å². The number of benzene rings is 1. The summed E-state index contributed by atoms with van der Waals surface area (Å²) in [6, 6.07) is 8.32. The molecule has 1 saturated heterocycles. The van der Waals surface area contributed by atoms with Gasteiger partial charge in [0.25, 0.3) is 0 Å². The summed E-state index contributed by atoms with van der Waals surface area (Å²) in [6.45, 7) is 8.46. The number of hydrogen-bond acceptors (Lipinski definition) is 4. The van der Waals surface area contributed by atoms with Crippen LogP contribution in [0.2, 0.25) is 0 Å². The quantitative estimate of drug-likeness (QED) is 0.696. The third-order valence-electron chi connectivity index (χ3n) is 5.04. The van der Waals surface area contributed by atoms with E-state index in [1.165, 1.54) is 18.6 Å². The molecule has 0 amide bonds. The van der Waals surface area contributed by atoms with Crippen molar-refractivity contribution in [1.29, 1.82) is 0 Å². The maximum Gasteiger partial charge on any atom is 0.225 e. The van der Waals surface area contributed by atoms with Crippen LogP contribution in [0.25, 0.3) is 16.9 Å². The zero-order valence-corrected chi connectivity index (χ0v) is 15.9. The van der Waals surface area contributed by atoms with E-state index in [0.717, 1.165) is 36.0 Å². The second-order valence-electron chi connectivity index (χ2n) is 7.65. The average Bonchev–Trinajstić information content (AvgIpc) is 3.03. The first-order valence-electron chi connectivity index (χ1n) is 9.40. The van der Waals surface area contributed by atoms with Crippen molar-refractivity contribution in [3.63, 3.8) is 0 Å². The normalized spacial score (nSPS) is 20.1. The summed E-state index contributed by atoms with van der Waals surface area (Å²) < 4.78 is 15.2. The van der Waals surface area contributed by atoms with Crippen LogP contribution in [0.15, 0.2) is 42.7 Å². The molecule has 0 bridgehead atoms. The highest BCUT2D eigenvalue weighted by molar-refractivity contribution is 5.62. The third kappa shape index (κ3) is 3.70. The van der Waals surface area contributed by atoms with E-state index in [0.29, 0.717) is 17.5 Å². The van der Waals surface area contributed by atoms with Gasteiger partial charge in [-0.15, -0.1) is 0 Å². The minimum Gasteiger partial charge on any atom is -0.340 e. The highest BCUT2D eigenvalue weighted by atomic mass is 19.1. The lowest BCUT2D eigenvalue weighted by molar-refractivity contribution is 0.353. The summed E-state index contributed by atoms with van der Waals surface area (Å²) in [5.74, 6) is 1.76. The largest absolute Gasteiger partial charge is 0.340 e. The fraction of sp³-hybridized carbons (Fsp3) is 0.381. The Morgan fingerprint density at radius 2 is 1.89 bits per heavy atom. The molecule has 1 aliphatic rings. The summed E-state index contributed by atoms with van der Waals surface area (Å²) in [7, 11) is 0. The second-order valence-corrected chi connectivity index (χ2v) is 7.65. The molecule has 27 heavy (non-hydrogen) atoms. The Morgan fingerprint density at radius 3 is 2.63 bits per heavy atom. The second kappa shape index (κ2) is 7.10. The summed E-state index contributed by atoms with van der Waals surface area (Å²) in [6.07, 6.45) is 4.95. The average molecular weight is 365 g/mol. The number of aryl methyl sites for hydroxylation is 1. The number of anilines is 1. The summed E-state index contributed by atoms with van der Waals surface area (Å²) >= 11 is 0. The van der Waals surface area contributed by atoms with Crippen LogP contribution in [0.5, 0.6) is 0 Å². The number of halogens is 1. The van der Waals surface area contributed by atoms with Gasteiger partial charge >= 0.3 is 0 Å². The van der Waals surface area contributed by atoms with E-state index < -0.39 is 0 Å². The van der Waals surface area contributed by atoms with E-state index in [-0.39, 0.29) is 5.82 Å². The fourth-order valence-corrected chi connectivity index (χ4v) is 3.94. The maximum atomic E-state index is 13.5. The molecule has 2 atom stereocenters. The molecule has 0 aliphatic carbocycles. The van der Waals surface area contributed by atoms with E-state index in [2.05, 4.69) is 28.8 Å². The zero-order valence-electron chi connectivity index (χ0n) is 15.9. The van der Waals surface area contributed by atoms with Crippen molar-refractivity contribution in [1.82, 2.24) is 19.7 Å². The molecule has 0 spiro atoms. The van der Waals surface area contributed by atoms with Gasteiger partial charge in [-0.2, -0.15) is 5.10 Å². The van der Waals surface area contributed by atoms with Gasteiger partial charge in [-0.05, 0) is 49.4 Å². The lowest BCUT2D eigenvalue weighted by Crippen LogP contribution is -2.39. The summed E-state index contributed by atoms with van der Waals surface area (Å²) in [5.41, 5.74) is 3.31. The molecule has 3 heterocycles. The van der Waals surface area contributed by atoms with E-state index in [4.69, 9.17) is 4.98 Å². The van der Waals surface area contributed by atoms with Crippen LogP contribution in [0.1, 0.15) is 26.0 Å². The minimum absolute atomic E-state index is 0.278. The zero-order chi connectivity index (χ0) is 19.0. The van der Waals surface area contributed by atoms with Crippen molar-refractivity contribution in [2.75, 3.05) is 18.0 Å². The van der Waals surface area contributed by atoms with Gasteiger partial charge in [0.05, 0.1) is 17.1 Å². The topological polar surface area (TPSA) is 46.8 Å². The van der Waals surface area contributed by atoms with Crippen LogP contribution < -0.4 is 4.90 Å². The van der Waals surface area contributed by atoms with Crippen LogP contribution >= 0.6 is 0 Å². The van der Waals surface area contributed by atoms with Crippen molar-refractivity contribution in [3.8, 4) is 16.9 Å². The number of piperidine rings is 1. The molecule has 0 N–H and O–H groups in total. The monoisotopic (exact) mass is 365 g/mol. The molecule has 2 aromatic heterocycles. The Morgan fingerprint density at radius 1 is 1.11 bits per heavy atom. The van der Waals surface area contributed by atoms with Gasteiger partial charge in [0.1, 0.15) is 5.82 Å². The van der Waals surface area contributed by atoms with Crippen LogP contribution in [-0.2, 0) is 0 Å². The minimum atomic E-state index is -0.278. The molecule has 140 valence electrons. The molecule has 4 rings (SSSR count). The molecule has 5 nitrogen and oxygen atoms in total. The van der Waals surface area contributed by atoms with Gasteiger partial charge in [0.2, 0.25) is 5.95 Å². The number of nitrogens with zero attached hydrogens (tertiary/aromatic N) is 5. The summed E-state index contributed by atoms with van der Waals surface area (Å²) in [5, 5.41) is 4.54. The molecule has 6 heteroatoms. The smallest absolute Gasteiger partial charge is 0.225 e. The SMILES string of the molecule is Cc1nn(-c2cccc(F)c2)cc1-c1ccnc(N2CC(C)CC(C)C2)n1. The van der Waals surface area contributed by atoms with Crippen molar-refractivity contribution in [3.05, 3.63) is 54.2 Å². The van der Waals surface area contributed by atoms with Crippen molar-refractivity contribution < 1.29 is 4.39 Å². The van der Waals surface area contributed by atoms with E-state index >= 15 is 0 Å². The first kappa shape index (κ1) is 17.6. The van der Waals surface area contributed by atoms with Gasteiger partial charge < -0.3 is 4.90 Å². The Labute approximate surface area is 158 Å². The molecule has 1 fully saturated rings. The Bertz CT molecular complexity index is 941. The molecule has 2 unspecified atom stereocenters. The molecular weight excluding hydrogens is 341 g/mol. The van der Waals surface area contributed by atoms with Crippen molar-refractivity contribution >= 4 is 5.95 Å². The van der Waals surface area contributed by atoms with Crippen LogP contribution in [-0.4, -0.2) is 32.8 Å². The number of hydrogen-bond donors (Lipinski definition) is 0. The van der Waals surface area contributed by atoms with Gasteiger partial charge in [-0.3, -0.25) is 0 Å². The van der Waals surface area contributed by atoms with E-state index in [9.17, 15) is 4.39 Å². The van der Waals surface area contributed by atoms with Crippen LogP contribution in [0.3, 0.4) is 0 Å². The third-order valence-corrected chi connectivity index (χ3v) is 5.04. The summed E-state index contributed by atoms with van der Waals surface area (Å²) in [4.78, 5) is 11.6. The molecule has 1 aliphatic heterocycles. The predicted octanol–water partition coefficient (Wildman–Crippen LogP) is 4.26. The Hall–Kier alpha value is -2.76. The standard InChI is InChI=1S/C21H24FN5/c1-14-9-15(2)12-26(11-14)21-23-8-7-20(24-21)19-13-27(25-16(19)3)18-6-4-5-17(22)10-18/h4-8,10,13-15H,9,11-12H2,1-3H3. The first-order valence-corrected chi connectivity index (χ1v) is 9.40. The Kier molecular flexibility index (Phi) is 4.64. The molecule has 0 saturated carbocycles. The fourth-order valence-electron chi connectivity index (χ4n) is 3.94. The van der Waals surface area contributed by atoms with Gasteiger partial charge in [-0.25, -0.2) is 19.0 Å². The van der Waals surface area contributed by atoms with E-state index in [1.807, 2.05) is 25.3 Å². The number of rotatable bonds is 3. The highest BCUT2D eigenvalue weighted by Crippen LogP contribution is 2.27.